The molecule has 1 heterocycles. The fraction of sp³-hybridized carbons (Fsp3) is 0.208. The van der Waals surface area contributed by atoms with Crippen LogP contribution in [0.15, 0.2) is 77.3 Å². The Balaban J connectivity index is 2.42. The third kappa shape index (κ3) is 3.94. The number of nitrogens with two attached hydrogens (primary N) is 1. The van der Waals surface area contributed by atoms with Gasteiger partial charge in [0.1, 0.15) is 11.5 Å². The number of nitriles is 1. The van der Waals surface area contributed by atoms with Gasteiger partial charge in [0.15, 0.2) is 0 Å². The number of aliphatic hydroxyl groups is 1. The first kappa shape index (κ1) is 22.6. The normalized spacial score (nSPS) is 15.9. The molecule has 0 aliphatic carbocycles. The minimum Gasteiger partial charge on any atom is -0.466 e. The second-order valence-electron chi connectivity index (χ2n) is 6.94. The van der Waals surface area contributed by atoms with Crippen LogP contribution in [0.25, 0.3) is 0 Å². The summed E-state index contributed by atoms with van der Waals surface area (Å²) in [5.74, 6) is -2.54. The van der Waals surface area contributed by atoms with E-state index in [4.69, 9.17) is 15.2 Å². The highest BCUT2D eigenvalue weighted by molar-refractivity contribution is 6.06. The molecule has 3 rings (SSSR count). The Morgan fingerprint density at radius 2 is 1.69 bits per heavy atom. The second kappa shape index (κ2) is 9.81. The molecule has 164 valence electrons. The van der Waals surface area contributed by atoms with Crippen LogP contribution in [0.2, 0.25) is 0 Å². The van der Waals surface area contributed by atoms with Gasteiger partial charge in [-0.3, -0.25) is 4.90 Å². The Kier molecular flexibility index (Phi) is 6.93. The third-order valence-corrected chi connectivity index (χ3v) is 5.22. The van der Waals surface area contributed by atoms with Crippen LogP contribution in [0.3, 0.4) is 0 Å². The van der Waals surface area contributed by atoms with Crippen LogP contribution in [0.1, 0.15) is 17.0 Å². The minimum atomic E-state index is -0.927. The monoisotopic (exact) mass is 433 g/mol. The molecule has 0 amide bonds. The summed E-state index contributed by atoms with van der Waals surface area (Å²) in [4.78, 5) is 27.4. The summed E-state index contributed by atoms with van der Waals surface area (Å²) in [5, 5.41) is 19.5. The molecule has 3 N–H and O–H groups in total. The van der Waals surface area contributed by atoms with Crippen molar-refractivity contribution in [1.29, 1.82) is 5.26 Å². The largest absolute Gasteiger partial charge is 0.466 e. The maximum Gasteiger partial charge on any atom is 0.355 e. The van der Waals surface area contributed by atoms with E-state index in [-0.39, 0.29) is 35.7 Å². The number of para-hydroxylation sites is 1. The molecule has 0 spiro atoms. The van der Waals surface area contributed by atoms with Gasteiger partial charge in [-0.05, 0) is 23.6 Å². The molecule has 0 fully saturated rings. The number of benzene rings is 2. The van der Waals surface area contributed by atoms with Gasteiger partial charge in [-0.2, -0.15) is 5.26 Å². The first-order valence-electron chi connectivity index (χ1n) is 9.84. The molecule has 2 aromatic rings. The third-order valence-electron chi connectivity index (χ3n) is 5.22. The number of carbonyl (C=O) groups excluding carboxylic acids is 2. The summed E-state index contributed by atoms with van der Waals surface area (Å²) in [6, 6.07) is 17.9. The Bertz CT molecular complexity index is 1130. The predicted molar refractivity (Wildman–Crippen MR) is 117 cm³/mol. The van der Waals surface area contributed by atoms with Crippen LogP contribution in [-0.2, 0) is 25.5 Å². The highest BCUT2D eigenvalue weighted by Gasteiger charge is 2.43. The minimum absolute atomic E-state index is 0.0141. The highest BCUT2D eigenvalue weighted by atomic mass is 16.5. The van der Waals surface area contributed by atoms with E-state index in [0.717, 1.165) is 0 Å². The van der Waals surface area contributed by atoms with Gasteiger partial charge in [0, 0.05) is 6.61 Å². The highest BCUT2D eigenvalue weighted by Crippen LogP contribution is 2.43. The standard InChI is InChI=1S/C24H23N3O5/c1-31-23(29)20-19(16-9-4-3-5-10-16)17(14-25)22(26)27(21(20)24(30)32-2)18-11-7-6-8-15(18)12-13-28/h3-11,19,28H,12-13,26H2,1-2H3. The maximum absolute atomic E-state index is 13.0. The van der Waals surface area contributed by atoms with Crippen molar-refractivity contribution >= 4 is 17.6 Å². The molecule has 0 radical (unpaired) electrons. The maximum atomic E-state index is 13.0. The Morgan fingerprint density at radius 1 is 1.06 bits per heavy atom. The predicted octanol–water partition coefficient (Wildman–Crippen LogP) is 2.12. The smallest absolute Gasteiger partial charge is 0.355 e. The first-order valence-corrected chi connectivity index (χ1v) is 9.84. The summed E-state index contributed by atoms with van der Waals surface area (Å²) in [6.45, 7) is -0.145. The molecule has 32 heavy (non-hydrogen) atoms. The van der Waals surface area contributed by atoms with Crippen LogP contribution in [0, 0.1) is 11.3 Å². The number of ether oxygens (including phenoxy) is 2. The number of hydrogen-bond donors (Lipinski definition) is 2. The number of nitrogens with zero attached hydrogens (tertiary/aromatic N) is 2. The zero-order chi connectivity index (χ0) is 23.3. The number of esters is 2. The zero-order valence-electron chi connectivity index (χ0n) is 17.7. The van der Waals surface area contributed by atoms with Crippen molar-refractivity contribution in [1.82, 2.24) is 0 Å². The SMILES string of the molecule is COC(=O)C1=C(C(=O)OC)N(c2ccccc2CCO)C(N)=C(C#N)C1c1ccccc1. The van der Waals surface area contributed by atoms with Gasteiger partial charge >= 0.3 is 11.9 Å². The van der Waals surface area contributed by atoms with Crippen molar-refractivity contribution in [3.63, 3.8) is 0 Å². The Labute approximate surface area is 185 Å². The van der Waals surface area contributed by atoms with Crippen LogP contribution in [0.4, 0.5) is 5.69 Å². The van der Waals surface area contributed by atoms with Crippen molar-refractivity contribution in [3.8, 4) is 6.07 Å². The molecular formula is C24H23N3O5. The number of rotatable bonds is 6. The van der Waals surface area contributed by atoms with E-state index in [0.29, 0.717) is 16.8 Å². The number of aliphatic hydroxyl groups excluding tert-OH is 1. The van der Waals surface area contributed by atoms with Gasteiger partial charge in [0.2, 0.25) is 0 Å². The van der Waals surface area contributed by atoms with Gasteiger partial charge in [-0.15, -0.1) is 0 Å². The Hall–Kier alpha value is -4.09. The van der Waals surface area contributed by atoms with Gasteiger partial charge in [-0.1, -0.05) is 48.5 Å². The van der Waals surface area contributed by atoms with E-state index in [9.17, 15) is 20.0 Å². The van der Waals surface area contributed by atoms with Crippen LogP contribution in [0.5, 0.6) is 0 Å². The molecule has 8 heteroatoms. The molecule has 0 saturated heterocycles. The van der Waals surface area contributed by atoms with E-state index >= 15 is 0 Å². The molecular weight excluding hydrogens is 410 g/mol. The Morgan fingerprint density at radius 3 is 2.28 bits per heavy atom. The number of carbonyl (C=O) groups is 2. The molecule has 2 aromatic carbocycles. The molecule has 1 atom stereocenters. The van der Waals surface area contributed by atoms with Crippen molar-refractivity contribution < 1.29 is 24.2 Å². The van der Waals surface area contributed by atoms with Crippen molar-refractivity contribution in [2.24, 2.45) is 5.73 Å². The van der Waals surface area contributed by atoms with E-state index in [1.807, 2.05) is 0 Å². The fourth-order valence-electron chi connectivity index (χ4n) is 3.82. The summed E-state index contributed by atoms with van der Waals surface area (Å²) in [6.07, 6.45) is 0.270. The summed E-state index contributed by atoms with van der Waals surface area (Å²) >= 11 is 0. The quantitative estimate of drug-likeness (QED) is 0.664. The van der Waals surface area contributed by atoms with Crippen molar-refractivity contribution in [2.75, 3.05) is 25.7 Å². The van der Waals surface area contributed by atoms with Crippen molar-refractivity contribution in [2.45, 2.75) is 12.3 Å². The van der Waals surface area contributed by atoms with Gasteiger partial charge in [0.05, 0.1) is 43.0 Å². The first-order chi connectivity index (χ1) is 15.5. The summed E-state index contributed by atoms with van der Waals surface area (Å²) in [7, 11) is 2.39. The van der Waals surface area contributed by atoms with Gasteiger partial charge in [0.25, 0.3) is 0 Å². The number of methoxy groups -OCH3 is 2. The topological polar surface area (TPSA) is 126 Å². The van der Waals surface area contributed by atoms with Crippen LogP contribution >= 0.6 is 0 Å². The number of allylic oxidation sites excluding steroid dienone is 1. The van der Waals surface area contributed by atoms with Crippen LogP contribution < -0.4 is 10.6 Å². The molecule has 0 saturated carbocycles. The van der Waals surface area contributed by atoms with Crippen molar-refractivity contribution in [3.05, 3.63) is 88.4 Å². The van der Waals surface area contributed by atoms with E-state index in [2.05, 4.69) is 6.07 Å². The molecule has 1 aliphatic heterocycles. The lowest BCUT2D eigenvalue weighted by Gasteiger charge is -2.36. The lowest BCUT2D eigenvalue weighted by Crippen LogP contribution is -2.41. The summed E-state index contributed by atoms with van der Waals surface area (Å²) < 4.78 is 10.0. The van der Waals surface area contributed by atoms with E-state index in [1.165, 1.54) is 19.1 Å². The molecule has 8 nitrogen and oxygen atoms in total. The molecule has 1 unspecified atom stereocenters. The average molecular weight is 433 g/mol. The van der Waals surface area contributed by atoms with E-state index in [1.54, 1.807) is 54.6 Å². The lowest BCUT2D eigenvalue weighted by atomic mass is 9.80. The van der Waals surface area contributed by atoms with E-state index < -0.39 is 17.9 Å². The molecule has 1 aliphatic rings. The lowest BCUT2D eigenvalue weighted by molar-refractivity contribution is -0.139. The number of hydrogen-bond acceptors (Lipinski definition) is 8. The number of anilines is 1. The molecule has 0 bridgehead atoms. The van der Waals surface area contributed by atoms with Crippen LogP contribution in [-0.4, -0.2) is 37.9 Å². The summed E-state index contributed by atoms with van der Waals surface area (Å²) in [5.41, 5.74) is 8.06. The van der Waals surface area contributed by atoms with Gasteiger partial charge in [-0.25, -0.2) is 9.59 Å². The van der Waals surface area contributed by atoms with Gasteiger partial charge < -0.3 is 20.3 Å². The average Bonchev–Trinajstić information content (AvgIpc) is 2.83. The molecule has 0 aromatic heterocycles. The second-order valence-corrected chi connectivity index (χ2v) is 6.94. The zero-order valence-corrected chi connectivity index (χ0v) is 17.7. The fourth-order valence-corrected chi connectivity index (χ4v) is 3.82.